The van der Waals surface area contributed by atoms with Crippen LogP contribution in [0.4, 0.5) is 5.69 Å². The largest absolute Gasteiger partial charge is 0.409 e. The summed E-state index contributed by atoms with van der Waals surface area (Å²) in [6.07, 6.45) is 1.68. The molecule has 1 aliphatic heterocycles. The fourth-order valence-corrected chi connectivity index (χ4v) is 3.88. The van der Waals surface area contributed by atoms with Gasteiger partial charge >= 0.3 is 5.88 Å². The molecule has 1 aromatic heterocycles. The summed E-state index contributed by atoms with van der Waals surface area (Å²) in [5.74, 6) is 0.679. The van der Waals surface area contributed by atoms with Crippen molar-refractivity contribution in [3.8, 4) is 28.3 Å². The van der Waals surface area contributed by atoms with Gasteiger partial charge in [-0.25, -0.2) is 0 Å². The molecule has 6 heteroatoms. The maximum Gasteiger partial charge on any atom is 0.403 e. The molecule has 0 atom stereocenters. The Kier molecular flexibility index (Phi) is 4.88. The maximum atomic E-state index is 11.0. The third-order valence-electron chi connectivity index (χ3n) is 5.50. The molecule has 0 amide bonds. The number of nitro benzene ring substituents is 1. The number of aromatic nitrogens is 1. The third kappa shape index (κ3) is 3.48. The Morgan fingerprint density at radius 1 is 0.781 bits per heavy atom. The first kappa shape index (κ1) is 19.5. The molecule has 4 aromatic rings. The quantitative estimate of drug-likeness (QED) is 0.258. The van der Waals surface area contributed by atoms with E-state index in [0.717, 1.165) is 33.6 Å². The van der Waals surface area contributed by atoms with Crippen LogP contribution in [0, 0.1) is 10.1 Å². The monoisotopic (exact) mass is 422 g/mol. The van der Waals surface area contributed by atoms with E-state index in [1.807, 2.05) is 59.2 Å². The lowest BCUT2D eigenvalue weighted by Crippen LogP contribution is -2.57. The number of hydrogen-bond donors (Lipinski definition) is 0. The second kappa shape index (κ2) is 8.00. The van der Waals surface area contributed by atoms with Crippen molar-refractivity contribution in [1.29, 1.82) is 0 Å². The second-order valence-electron chi connectivity index (χ2n) is 7.46. The molecule has 0 radical (unpaired) electrons. The number of hydrogen-bond acceptors (Lipinski definition) is 4. The molecule has 0 bridgehead atoms. The third-order valence-corrected chi connectivity index (χ3v) is 5.50. The van der Waals surface area contributed by atoms with E-state index >= 15 is 0 Å². The molecule has 32 heavy (non-hydrogen) atoms. The van der Waals surface area contributed by atoms with Crippen LogP contribution in [0.5, 0.6) is 5.88 Å². The molecular weight excluding hydrogens is 402 g/mol. The topological polar surface area (TPSA) is 59.5 Å². The molecule has 0 aliphatic carbocycles. The SMILES string of the molecule is CN1C(c2ccc([N+](=O)[O-])cc2)=COc2cc(-c3ccccc3)cc(-c3ccccc3)[n+]21. The van der Waals surface area contributed by atoms with Crippen molar-refractivity contribution in [2.24, 2.45) is 0 Å². The predicted octanol–water partition coefficient (Wildman–Crippen LogP) is 5.18. The molecule has 0 spiro atoms. The van der Waals surface area contributed by atoms with Gasteiger partial charge in [0.1, 0.15) is 12.0 Å². The summed E-state index contributed by atoms with van der Waals surface area (Å²) in [4.78, 5) is 10.6. The lowest BCUT2D eigenvalue weighted by Gasteiger charge is -2.24. The van der Waals surface area contributed by atoms with Gasteiger partial charge in [0.2, 0.25) is 5.69 Å². The van der Waals surface area contributed by atoms with Gasteiger partial charge in [-0.2, -0.15) is 0 Å². The molecule has 0 fully saturated rings. The van der Waals surface area contributed by atoms with Gasteiger partial charge in [-0.05, 0) is 40.1 Å². The molecular formula is C26H20N3O3+. The highest BCUT2D eigenvalue weighted by Gasteiger charge is 2.32. The number of non-ortho nitro benzene ring substituents is 1. The van der Waals surface area contributed by atoms with E-state index in [1.54, 1.807) is 18.4 Å². The van der Waals surface area contributed by atoms with Crippen LogP contribution >= 0.6 is 0 Å². The highest BCUT2D eigenvalue weighted by atomic mass is 16.6. The molecule has 2 heterocycles. The first-order valence-corrected chi connectivity index (χ1v) is 10.2. The number of rotatable bonds is 4. The van der Waals surface area contributed by atoms with Gasteiger partial charge in [0.15, 0.2) is 0 Å². The van der Waals surface area contributed by atoms with Crippen LogP contribution in [0.3, 0.4) is 0 Å². The number of fused-ring (bicyclic) bond motifs is 1. The number of ether oxygens (including phenoxy) is 1. The van der Waals surface area contributed by atoms with E-state index in [0.29, 0.717) is 5.88 Å². The number of nitrogens with zero attached hydrogens (tertiary/aromatic N) is 3. The normalized spacial score (nSPS) is 12.5. The average Bonchev–Trinajstić information content (AvgIpc) is 2.85. The molecule has 6 nitrogen and oxygen atoms in total. The van der Waals surface area contributed by atoms with Crippen LogP contribution in [0.25, 0.3) is 28.1 Å². The Bertz CT molecular complexity index is 1320. The lowest BCUT2D eigenvalue weighted by molar-refractivity contribution is -0.676. The van der Waals surface area contributed by atoms with Gasteiger partial charge in [0.25, 0.3) is 5.69 Å². The van der Waals surface area contributed by atoms with Crippen LogP contribution in [0.1, 0.15) is 5.56 Å². The van der Waals surface area contributed by atoms with Gasteiger partial charge in [0.05, 0.1) is 18.0 Å². The highest BCUT2D eigenvalue weighted by Crippen LogP contribution is 2.31. The summed E-state index contributed by atoms with van der Waals surface area (Å²) in [5.41, 5.74) is 5.84. The highest BCUT2D eigenvalue weighted by molar-refractivity contribution is 5.73. The Morgan fingerprint density at radius 3 is 2.03 bits per heavy atom. The Morgan fingerprint density at radius 2 is 1.41 bits per heavy atom. The maximum absolute atomic E-state index is 11.0. The zero-order valence-electron chi connectivity index (χ0n) is 17.4. The van der Waals surface area contributed by atoms with Crippen LogP contribution in [-0.4, -0.2) is 12.0 Å². The fraction of sp³-hybridized carbons (Fsp3) is 0.0385. The fourth-order valence-electron chi connectivity index (χ4n) is 3.88. The van der Waals surface area contributed by atoms with Gasteiger partial charge in [-0.1, -0.05) is 48.5 Å². The van der Waals surface area contributed by atoms with E-state index < -0.39 is 4.92 Å². The predicted molar refractivity (Wildman–Crippen MR) is 123 cm³/mol. The smallest absolute Gasteiger partial charge is 0.403 e. The number of benzene rings is 3. The number of nitro groups is 1. The molecule has 0 saturated heterocycles. The minimum atomic E-state index is -0.401. The minimum absolute atomic E-state index is 0.0549. The van der Waals surface area contributed by atoms with E-state index in [1.165, 1.54) is 12.1 Å². The van der Waals surface area contributed by atoms with E-state index in [2.05, 4.69) is 30.3 Å². The summed E-state index contributed by atoms with van der Waals surface area (Å²) < 4.78 is 8.10. The first-order chi connectivity index (χ1) is 15.6. The molecule has 5 rings (SSSR count). The summed E-state index contributed by atoms with van der Waals surface area (Å²) in [6.45, 7) is 0. The molecule has 1 aliphatic rings. The van der Waals surface area contributed by atoms with Gasteiger partial charge in [-0.3, -0.25) is 10.1 Å². The van der Waals surface area contributed by atoms with Gasteiger partial charge in [0, 0.05) is 29.3 Å². The van der Waals surface area contributed by atoms with Crippen LogP contribution in [-0.2, 0) is 0 Å². The number of pyridine rings is 1. The summed E-state index contributed by atoms with van der Waals surface area (Å²) in [5, 5.41) is 13.0. The molecule has 156 valence electrons. The molecule has 0 saturated carbocycles. The van der Waals surface area contributed by atoms with Crippen molar-refractivity contribution in [1.82, 2.24) is 0 Å². The van der Waals surface area contributed by atoms with Crippen LogP contribution in [0.15, 0.2) is 103 Å². The Labute approximate surface area is 185 Å². The van der Waals surface area contributed by atoms with Crippen molar-refractivity contribution < 1.29 is 14.3 Å². The standard InChI is InChI=1S/C26H20N3O3/c1-27-25(21-12-14-23(15-13-21)29(30)31)18-32-26-17-22(19-8-4-2-5-9-19)16-24(28(26)27)20-10-6-3-7-11-20/h2-18H,1H3/q+1. The minimum Gasteiger partial charge on any atom is -0.409 e. The Hall–Kier alpha value is -4.45. The second-order valence-corrected chi connectivity index (χ2v) is 7.46. The van der Waals surface area contributed by atoms with Crippen molar-refractivity contribution in [2.45, 2.75) is 0 Å². The van der Waals surface area contributed by atoms with Gasteiger partial charge < -0.3 is 4.74 Å². The lowest BCUT2D eigenvalue weighted by atomic mass is 10.0. The van der Waals surface area contributed by atoms with E-state index in [-0.39, 0.29) is 5.69 Å². The average molecular weight is 422 g/mol. The van der Waals surface area contributed by atoms with Crippen molar-refractivity contribution in [3.63, 3.8) is 0 Å². The Balaban J connectivity index is 1.64. The van der Waals surface area contributed by atoms with Crippen molar-refractivity contribution in [3.05, 3.63) is 119 Å². The summed E-state index contributed by atoms with van der Waals surface area (Å²) >= 11 is 0. The zero-order chi connectivity index (χ0) is 22.1. The van der Waals surface area contributed by atoms with Crippen LogP contribution in [0.2, 0.25) is 0 Å². The molecule has 0 N–H and O–H groups in total. The summed E-state index contributed by atoms with van der Waals surface area (Å²) in [7, 11) is 1.95. The van der Waals surface area contributed by atoms with Gasteiger partial charge in [-0.15, -0.1) is 5.01 Å². The summed E-state index contributed by atoms with van der Waals surface area (Å²) in [6, 6.07) is 30.9. The zero-order valence-corrected chi connectivity index (χ0v) is 17.4. The van der Waals surface area contributed by atoms with Crippen LogP contribution < -0.4 is 14.4 Å². The van der Waals surface area contributed by atoms with Crippen molar-refractivity contribution >= 4 is 11.4 Å². The molecule has 0 unspecified atom stereocenters. The first-order valence-electron chi connectivity index (χ1n) is 10.2. The molecule has 3 aromatic carbocycles. The van der Waals surface area contributed by atoms with E-state index in [4.69, 9.17) is 4.74 Å². The van der Waals surface area contributed by atoms with Crippen molar-refractivity contribution in [2.75, 3.05) is 12.1 Å². The van der Waals surface area contributed by atoms with E-state index in [9.17, 15) is 10.1 Å².